The van der Waals surface area contributed by atoms with Crippen LogP contribution in [0.4, 0.5) is 0 Å². The Kier molecular flexibility index (Phi) is 3.89. The third-order valence-electron chi connectivity index (χ3n) is 2.62. The molecule has 1 heterocycles. The normalized spacial score (nSPS) is 10.5. The van der Waals surface area contributed by atoms with E-state index in [1.54, 1.807) is 0 Å². The van der Waals surface area contributed by atoms with Gasteiger partial charge in [0.15, 0.2) is 4.73 Å². The highest BCUT2D eigenvalue weighted by molar-refractivity contribution is 9.10. The van der Waals surface area contributed by atoms with Gasteiger partial charge in [-0.25, -0.2) is 9.97 Å². The minimum atomic E-state index is 0.644. The molecule has 0 spiro atoms. The Hall–Kier alpha value is -1.22. The first-order valence-corrected chi connectivity index (χ1v) is 6.59. The summed E-state index contributed by atoms with van der Waals surface area (Å²) in [4.78, 5) is 8.60. The average Bonchev–Trinajstić information content (AvgIpc) is 2.29. The molecule has 0 saturated carbocycles. The van der Waals surface area contributed by atoms with Crippen molar-refractivity contribution in [2.75, 3.05) is 0 Å². The summed E-state index contributed by atoms with van der Waals surface area (Å²) in [5.41, 5.74) is 4.45. The maximum atomic E-state index is 4.39. The van der Waals surface area contributed by atoms with Crippen molar-refractivity contribution in [3.05, 3.63) is 46.3 Å². The van der Waals surface area contributed by atoms with Crippen molar-refractivity contribution in [1.29, 1.82) is 0 Å². The zero-order valence-corrected chi connectivity index (χ0v) is 11.7. The van der Waals surface area contributed by atoms with Crippen molar-refractivity contribution in [2.24, 2.45) is 0 Å². The highest BCUT2D eigenvalue weighted by Crippen LogP contribution is 2.20. The van der Waals surface area contributed by atoms with Crippen LogP contribution in [0.2, 0.25) is 0 Å². The molecule has 3 heteroatoms. The number of aromatic nitrogens is 2. The van der Waals surface area contributed by atoms with Gasteiger partial charge in [0.2, 0.25) is 0 Å². The van der Waals surface area contributed by atoms with Crippen LogP contribution in [0.5, 0.6) is 0 Å². The molecule has 2 nitrogen and oxygen atoms in total. The summed E-state index contributed by atoms with van der Waals surface area (Å²) in [6.07, 6.45) is 2.31. The Labute approximate surface area is 110 Å². The first kappa shape index (κ1) is 12.2. The summed E-state index contributed by atoms with van der Waals surface area (Å²) in [6.45, 7) is 4.17. The Balaban J connectivity index is 2.32. The first-order chi connectivity index (χ1) is 8.19. The monoisotopic (exact) mass is 290 g/mol. The predicted octanol–water partition coefficient (Wildman–Crippen LogP) is 4.17. The van der Waals surface area contributed by atoms with Gasteiger partial charge in [-0.3, -0.25) is 0 Å². The summed E-state index contributed by atoms with van der Waals surface area (Å²) in [6, 6.07) is 10.6. The van der Waals surface area contributed by atoms with Gasteiger partial charge in [0.05, 0.1) is 5.69 Å². The molecule has 2 aromatic rings. The topological polar surface area (TPSA) is 25.8 Å². The van der Waals surface area contributed by atoms with Crippen LogP contribution in [0, 0.1) is 6.92 Å². The van der Waals surface area contributed by atoms with Crippen LogP contribution in [0.15, 0.2) is 35.1 Å². The van der Waals surface area contributed by atoms with E-state index in [0.717, 1.165) is 23.4 Å². The van der Waals surface area contributed by atoms with E-state index >= 15 is 0 Å². The first-order valence-electron chi connectivity index (χ1n) is 5.79. The lowest BCUT2D eigenvalue weighted by atomic mass is 10.1. The molecule has 0 aliphatic carbocycles. The van der Waals surface area contributed by atoms with E-state index in [4.69, 9.17) is 0 Å². The van der Waals surface area contributed by atoms with Gasteiger partial charge in [-0.05, 0) is 40.9 Å². The maximum Gasteiger partial charge on any atom is 0.197 e. The van der Waals surface area contributed by atoms with E-state index in [1.165, 1.54) is 12.0 Å². The predicted molar refractivity (Wildman–Crippen MR) is 73.9 cm³/mol. The molecular formula is C14H15BrN2. The van der Waals surface area contributed by atoms with E-state index in [2.05, 4.69) is 57.1 Å². The minimum Gasteiger partial charge on any atom is -0.227 e. The molecule has 1 aromatic heterocycles. The zero-order valence-electron chi connectivity index (χ0n) is 10.1. The lowest BCUT2D eigenvalue weighted by molar-refractivity contribution is 0.922. The van der Waals surface area contributed by atoms with Crippen molar-refractivity contribution in [1.82, 2.24) is 9.97 Å². The van der Waals surface area contributed by atoms with Gasteiger partial charge in [0.25, 0.3) is 0 Å². The van der Waals surface area contributed by atoms with Crippen LogP contribution >= 0.6 is 15.9 Å². The highest BCUT2D eigenvalue weighted by Gasteiger charge is 2.02. The maximum absolute atomic E-state index is 4.39. The molecule has 1 aromatic carbocycles. The fraction of sp³-hybridized carbons (Fsp3) is 0.286. The third kappa shape index (κ3) is 3.13. The molecule has 0 aliphatic rings. The number of benzene rings is 1. The smallest absolute Gasteiger partial charge is 0.197 e. The molecule has 0 fully saturated rings. The second-order valence-electron chi connectivity index (χ2n) is 4.11. The second kappa shape index (κ2) is 5.41. The number of hydrogen-bond acceptors (Lipinski definition) is 2. The molecule has 0 atom stereocenters. The molecule has 2 rings (SSSR count). The van der Waals surface area contributed by atoms with E-state index in [0.29, 0.717) is 4.73 Å². The number of aryl methyl sites for hydroxylation is 2. The Morgan fingerprint density at radius 3 is 2.41 bits per heavy atom. The van der Waals surface area contributed by atoms with Crippen LogP contribution < -0.4 is 0 Å². The van der Waals surface area contributed by atoms with E-state index in [-0.39, 0.29) is 0 Å². The number of rotatable bonds is 3. The van der Waals surface area contributed by atoms with Gasteiger partial charge in [0.1, 0.15) is 0 Å². The molecule has 0 N–H and O–H groups in total. The van der Waals surface area contributed by atoms with Gasteiger partial charge < -0.3 is 0 Å². The molecule has 0 saturated heterocycles. The molecule has 17 heavy (non-hydrogen) atoms. The van der Waals surface area contributed by atoms with Gasteiger partial charge in [-0.15, -0.1) is 0 Å². The van der Waals surface area contributed by atoms with Gasteiger partial charge in [-0.1, -0.05) is 37.6 Å². The van der Waals surface area contributed by atoms with Gasteiger partial charge in [-0.2, -0.15) is 0 Å². The number of hydrogen-bond donors (Lipinski definition) is 0. The molecule has 0 unspecified atom stereocenters. The van der Waals surface area contributed by atoms with Gasteiger partial charge in [0, 0.05) is 11.3 Å². The summed E-state index contributed by atoms with van der Waals surface area (Å²) in [5.74, 6) is 0. The standard InChI is InChI=1S/C14H15BrN2/c1-3-4-11-5-7-12(8-6-11)13-9-10(2)16-14(15)17-13/h5-9H,3-4H2,1-2H3. The van der Waals surface area contributed by atoms with Gasteiger partial charge >= 0.3 is 0 Å². The van der Waals surface area contributed by atoms with Crippen LogP contribution in [-0.4, -0.2) is 9.97 Å². The lowest BCUT2D eigenvalue weighted by Crippen LogP contribution is -1.91. The van der Waals surface area contributed by atoms with Crippen LogP contribution in [0.3, 0.4) is 0 Å². The van der Waals surface area contributed by atoms with E-state index in [9.17, 15) is 0 Å². The molecule has 0 radical (unpaired) electrons. The number of nitrogens with zero attached hydrogens (tertiary/aromatic N) is 2. The van der Waals surface area contributed by atoms with Crippen molar-refractivity contribution >= 4 is 15.9 Å². The summed E-state index contributed by atoms with van der Waals surface area (Å²) in [7, 11) is 0. The van der Waals surface area contributed by atoms with Crippen LogP contribution in [-0.2, 0) is 6.42 Å². The van der Waals surface area contributed by atoms with Crippen molar-refractivity contribution in [2.45, 2.75) is 26.7 Å². The lowest BCUT2D eigenvalue weighted by Gasteiger charge is -2.04. The van der Waals surface area contributed by atoms with Crippen molar-refractivity contribution in [3.8, 4) is 11.3 Å². The zero-order chi connectivity index (χ0) is 12.3. The number of halogens is 1. The Morgan fingerprint density at radius 1 is 1.12 bits per heavy atom. The van der Waals surface area contributed by atoms with E-state index in [1.807, 2.05) is 13.0 Å². The summed E-state index contributed by atoms with van der Waals surface area (Å²) in [5, 5.41) is 0. The minimum absolute atomic E-state index is 0.644. The van der Waals surface area contributed by atoms with Crippen LogP contribution in [0.25, 0.3) is 11.3 Å². The Morgan fingerprint density at radius 2 is 1.82 bits per heavy atom. The highest BCUT2D eigenvalue weighted by atomic mass is 79.9. The van der Waals surface area contributed by atoms with Crippen LogP contribution in [0.1, 0.15) is 24.6 Å². The fourth-order valence-electron chi connectivity index (χ4n) is 1.81. The molecule has 0 amide bonds. The molecular weight excluding hydrogens is 276 g/mol. The molecule has 0 bridgehead atoms. The second-order valence-corrected chi connectivity index (χ2v) is 4.82. The third-order valence-corrected chi connectivity index (χ3v) is 2.97. The van der Waals surface area contributed by atoms with Crippen molar-refractivity contribution in [3.63, 3.8) is 0 Å². The summed E-state index contributed by atoms with van der Waals surface area (Å²) < 4.78 is 0.644. The van der Waals surface area contributed by atoms with E-state index < -0.39 is 0 Å². The summed E-state index contributed by atoms with van der Waals surface area (Å²) >= 11 is 3.33. The largest absolute Gasteiger partial charge is 0.227 e. The Bertz CT molecular complexity index is 486. The van der Waals surface area contributed by atoms with Crippen molar-refractivity contribution < 1.29 is 0 Å². The molecule has 0 aliphatic heterocycles. The average molecular weight is 291 g/mol. The quantitative estimate of drug-likeness (QED) is 0.793. The molecule has 88 valence electrons. The fourth-order valence-corrected chi connectivity index (χ4v) is 2.28. The SMILES string of the molecule is CCCc1ccc(-c2cc(C)nc(Br)n2)cc1.